The number of carbonyl (C=O) groups excluding carboxylic acids is 1. The van der Waals surface area contributed by atoms with Crippen LogP contribution in [0, 0.1) is 0 Å². The van der Waals surface area contributed by atoms with Crippen LogP contribution in [0.1, 0.15) is 11.1 Å². The number of hydrogen-bond donors (Lipinski definition) is 1. The first-order valence-corrected chi connectivity index (χ1v) is 9.76. The molecule has 4 nitrogen and oxygen atoms in total. The smallest absolute Gasteiger partial charge is 0.236 e. The number of amides is 1. The Morgan fingerprint density at radius 3 is 2.44 bits per heavy atom. The summed E-state index contributed by atoms with van der Waals surface area (Å²) >= 11 is 6.14. The van der Waals surface area contributed by atoms with E-state index in [4.69, 9.17) is 11.6 Å². The number of hydrogen-bond acceptors (Lipinski definition) is 3. The summed E-state index contributed by atoms with van der Waals surface area (Å²) in [6, 6.07) is 18.0. The number of rotatable bonds is 7. The molecule has 1 N–H and O–H groups in total. The van der Waals surface area contributed by atoms with Gasteiger partial charge in [0.2, 0.25) is 5.91 Å². The second-order valence-electron chi connectivity index (χ2n) is 6.69. The maximum atomic E-state index is 12.4. The molecular formula is C22H26ClN3O. The zero-order chi connectivity index (χ0) is 18.9. The predicted molar refractivity (Wildman–Crippen MR) is 112 cm³/mol. The molecule has 0 saturated carbocycles. The fourth-order valence-corrected chi connectivity index (χ4v) is 3.34. The molecule has 3 rings (SSSR count). The highest BCUT2D eigenvalue weighted by atomic mass is 35.5. The van der Waals surface area contributed by atoms with Gasteiger partial charge in [-0.2, -0.15) is 0 Å². The van der Waals surface area contributed by atoms with E-state index in [1.165, 1.54) is 5.56 Å². The van der Waals surface area contributed by atoms with Crippen LogP contribution >= 0.6 is 11.6 Å². The molecule has 5 heteroatoms. The van der Waals surface area contributed by atoms with Crippen LogP contribution in [0.15, 0.2) is 60.7 Å². The lowest BCUT2D eigenvalue weighted by atomic mass is 10.2. The highest BCUT2D eigenvalue weighted by Crippen LogP contribution is 2.14. The zero-order valence-corrected chi connectivity index (χ0v) is 16.2. The van der Waals surface area contributed by atoms with E-state index in [9.17, 15) is 4.79 Å². The number of nitrogens with one attached hydrogen (secondary N) is 1. The van der Waals surface area contributed by atoms with E-state index in [-0.39, 0.29) is 5.91 Å². The Kier molecular flexibility index (Phi) is 7.45. The van der Waals surface area contributed by atoms with Crippen molar-refractivity contribution in [1.29, 1.82) is 0 Å². The maximum absolute atomic E-state index is 12.4. The second-order valence-corrected chi connectivity index (χ2v) is 7.10. The van der Waals surface area contributed by atoms with Crippen LogP contribution in [0.2, 0.25) is 5.02 Å². The minimum atomic E-state index is 0.154. The van der Waals surface area contributed by atoms with Crippen LogP contribution < -0.4 is 5.32 Å². The van der Waals surface area contributed by atoms with Gasteiger partial charge in [-0.05, 0) is 17.2 Å². The Bertz CT molecular complexity index is 755. The molecule has 0 bridgehead atoms. The summed E-state index contributed by atoms with van der Waals surface area (Å²) in [4.78, 5) is 16.7. The van der Waals surface area contributed by atoms with Crippen molar-refractivity contribution in [3.05, 3.63) is 76.8 Å². The van der Waals surface area contributed by atoms with Crippen LogP contribution in [0.25, 0.3) is 6.08 Å². The number of halogens is 1. The normalized spacial score (nSPS) is 15.4. The van der Waals surface area contributed by atoms with Gasteiger partial charge in [0, 0.05) is 44.3 Å². The van der Waals surface area contributed by atoms with Crippen molar-refractivity contribution in [2.24, 2.45) is 0 Å². The summed E-state index contributed by atoms with van der Waals surface area (Å²) in [5.74, 6) is 0.154. The van der Waals surface area contributed by atoms with Crippen molar-refractivity contribution >= 4 is 23.6 Å². The summed E-state index contributed by atoms with van der Waals surface area (Å²) in [6.07, 6.45) is 4.34. The van der Waals surface area contributed by atoms with Gasteiger partial charge in [0.25, 0.3) is 0 Å². The molecule has 1 fully saturated rings. The summed E-state index contributed by atoms with van der Waals surface area (Å²) in [5, 5.41) is 3.93. The van der Waals surface area contributed by atoms with Gasteiger partial charge in [0.1, 0.15) is 0 Å². The molecule has 27 heavy (non-hydrogen) atoms. The molecule has 1 amide bonds. The Hall–Kier alpha value is -2.14. The molecule has 0 atom stereocenters. The average molecular weight is 384 g/mol. The highest BCUT2D eigenvalue weighted by Gasteiger charge is 2.19. The molecule has 1 heterocycles. The van der Waals surface area contributed by atoms with E-state index in [2.05, 4.69) is 34.5 Å². The second kappa shape index (κ2) is 10.3. The lowest BCUT2D eigenvalue weighted by molar-refractivity contribution is -0.131. The van der Waals surface area contributed by atoms with Crippen molar-refractivity contribution in [3.8, 4) is 0 Å². The lowest BCUT2D eigenvalue weighted by Gasteiger charge is -2.34. The van der Waals surface area contributed by atoms with Gasteiger partial charge in [-0.15, -0.1) is 0 Å². The topological polar surface area (TPSA) is 35.6 Å². The number of piperazine rings is 1. The minimum absolute atomic E-state index is 0.154. The SMILES string of the molecule is O=C(CNCc1ccccc1Cl)N1CCN(C/C=C/c2ccccc2)CC1. The van der Waals surface area contributed by atoms with E-state index in [1.807, 2.05) is 47.4 Å². The molecule has 142 valence electrons. The molecule has 0 radical (unpaired) electrons. The van der Waals surface area contributed by atoms with Crippen LogP contribution in [0.3, 0.4) is 0 Å². The third-order valence-electron chi connectivity index (χ3n) is 4.75. The first-order chi connectivity index (χ1) is 13.2. The first-order valence-electron chi connectivity index (χ1n) is 9.38. The number of benzene rings is 2. The molecule has 0 aliphatic carbocycles. The summed E-state index contributed by atoms with van der Waals surface area (Å²) in [6.45, 7) is 5.26. The number of nitrogens with zero attached hydrogens (tertiary/aromatic N) is 2. The largest absolute Gasteiger partial charge is 0.339 e. The van der Waals surface area contributed by atoms with Crippen LogP contribution in [0.4, 0.5) is 0 Å². The van der Waals surface area contributed by atoms with Crippen LogP contribution in [-0.4, -0.2) is 55.0 Å². The standard InChI is InChI=1S/C22H26ClN3O/c23-21-11-5-4-10-20(21)17-24-18-22(27)26-15-13-25(14-16-26)12-6-9-19-7-2-1-3-8-19/h1-11,24H,12-18H2/b9-6+. The molecule has 1 saturated heterocycles. The first kappa shape index (κ1) is 19.6. The van der Waals surface area contributed by atoms with Crippen molar-refractivity contribution < 1.29 is 4.79 Å². The van der Waals surface area contributed by atoms with Crippen molar-refractivity contribution in [1.82, 2.24) is 15.1 Å². The molecule has 2 aromatic rings. The summed E-state index contributed by atoms with van der Waals surface area (Å²) in [7, 11) is 0. The van der Waals surface area contributed by atoms with Gasteiger partial charge in [-0.1, -0.05) is 72.3 Å². The molecular weight excluding hydrogens is 358 g/mol. The Morgan fingerprint density at radius 1 is 1.00 bits per heavy atom. The molecule has 1 aliphatic rings. The summed E-state index contributed by atoms with van der Waals surface area (Å²) in [5.41, 5.74) is 2.23. The molecule has 1 aliphatic heterocycles. The predicted octanol–water partition coefficient (Wildman–Crippen LogP) is 3.29. The molecule has 0 aromatic heterocycles. The Labute approximate surface area is 166 Å². The fourth-order valence-electron chi connectivity index (χ4n) is 3.14. The molecule has 0 unspecified atom stereocenters. The van der Waals surface area contributed by atoms with E-state index < -0.39 is 0 Å². The molecule has 2 aromatic carbocycles. The van der Waals surface area contributed by atoms with E-state index >= 15 is 0 Å². The van der Waals surface area contributed by atoms with Gasteiger partial charge in [0.15, 0.2) is 0 Å². The van der Waals surface area contributed by atoms with Crippen LogP contribution in [-0.2, 0) is 11.3 Å². The molecule has 0 spiro atoms. The van der Waals surface area contributed by atoms with Gasteiger partial charge in [-0.3, -0.25) is 9.69 Å². The average Bonchev–Trinajstić information content (AvgIpc) is 2.71. The van der Waals surface area contributed by atoms with Crippen LogP contribution in [0.5, 0.6) is 0 Å². The third kappa shape index (κ3) is 6.21. The van der Waals surface area contributed by atoms with Crippen molar-refractivity contribution in [3.63, 3.8) is 0 Å². The maximum Gasteiger partial charge on any atom is 0.236 e. The highest BCUT2D eigenvalue weighted by molar-refractivity contribution is 6.31. The lowest BCUT2D eigenvalue weighted by Crippen LogP contribution is -2.50. The Balaban J connectivity index is 1.35. The van der Waals surface area contributed by atoms with Gasteiger partial charge < -0.3 is 10.2 Å². The number of carbonyl (C=O) groups is 1. The van der Waals surface area contributed by atoms with Gasteiger partial charge in [0.05, 0.1) is 6.54 Å². The van der Waals surface area contributed by atoms with Gasteiger partial charge in [-0.25, -0.2) is 0 Å². The minimum Gasteiger partial charge on any atom is -0.339 e. The van der Waals surface area contributed by atoms with E-state index in [0.29, 0.717) is 13.1 Å². The van der Waals surface area contributed by atoms with Crippen molar-refractivity contribution in [2.75, 3.05) is 39.3 Å². The Morgan fingerprint density at radius 2 is 1.70 bits per heavy atom. The quantitative estimate of drug-likeness (QED) is 0.796. The monoisotopic (exact) mass is 383 g/mol. The van der Waals surface area contributed by atoms with Crippen molar-refractivity contribution in [2.45, 2.75) is 6.54 Å². The third-order valence-corrected chi connectivity index (χ3v) is 5.12. The van der Waals surface area contributed by atoms with E-state index in [0.717, 1.165) is 43.3 Å². The fraction of sp³-hybridized carbons (Fsp3) is 0.318. The van der Waals surface area contributed by atoms with Gasteiger partial charge >= 0.3 is 0 Å². The van der Waals surface area contributed by atoms with E-state index in [1.54, 1.807) is 0 Å². The zero-order valence-electron chi connectivity index (χ0n) is 15.5. The summed E-state index contributed by atoms with van der Waals surface area (Å²) < 4.78 is 0.